The Hall–Kier alpha value is -2.44. The summed E-state index contributed by atoms with van der Waals surface area (Å²) in [6.45, 7) is 2.12. The van der Waals surface area contributed by atoms with Crippen molar-refractivity contribution < 1.29 is 4.79 Å². The van der Waals surface area contributed by atoms with Gasteiger partial charge in [0.2, 0.25) is 5.95 Å². The van der Waals surface area contributed by atoms with Crippen LogP contribution in [-0.4, -0.2) is 31.7 Å². The lowest BCUT2D eigenvalue weighted by molar-refractivity contribution is -0.0688. The number of aromatic nitrogens is 4. The van der Waals surface area contributed by atoms with Crippen molar-refractivity contribution in [1.29, 1.82) is 0 Å². The van der Waals surface area contributed by atoms with Crippen LogP contribution in [0.25, 0.3) is 5.95 Å². The second-order valence-corrected chi connectivity index (χ2v) is 8.88. The predicted molar refractivity (Wildman–Crippen MR) is 99.5 cm³/mol. The summed E-state index contributed by atoms with van der Waals surface area (Å²) in [6, 6.07) is 1.82. The van der Waals surface area contributed by atoms with Crippen LogP contribution in [0.4, 0.5) is 0 Å². The number of aromatic amines is 1. The fourth-order valence-electron chi connectivity index (χ4n) is 6.19. The van der Waals surface area contributed by atoms with E-state index in [0.717, 1.165) is 17.8 Å². The lowest BCUT2D eigenvalue weighted by Crippen LogP contribution is -2.56. The first kappa shape index (κ1) is 16.7. The first-order valence-corrected chi connectivity index (χ1v) is 9.92. The molecule has 7 nitrogen and oxygen atoms in total. The van der Waals surface area contributed by atoms with Gasteiger partial charge in [-0.05, 0) is 74.7 Å². The van der Waals surface area contributed by atoms with Crippen molar-refractivity contribution in [3.8, 4) is 5.95 Å². The van der Waals surface area contributed by atoms with Gasteiger partial charge in [0.05, 0.1) is 0 Å². The molecule has 0 saturated heterocycles. The van der Waals surface area contributed by atoms with E-state index in [4.69, 9.17) is 0 Å². The van der Waals surface area contributed by atoms with Gasteiger partial charge in [-0.1, -0.05) is 0 Å². The maximum Gasteiger partial charge on any atom is 0.265 e. The van der Waals surface area contributed by atoms with Gasteiger partial charge in [0.15, 0.2) is 0 Å². The van der Waals surface area contributed by atoms with Crippen molar-refractivity contribution in [2.45, 2.75) is 51.5 Å². The summed E-state index contributed by atoms with van der Waals surface area (Å²) in [5.41, 5.74) is -0.173. The molecule has 142 valence electrons. The summed E-state index contributed by atoms with van der Waals surface area (Å²) in [7, 11) is 0. The summed E-state index contributed by atoms with van der Waals surface area (Å²) < 4.78 is 1.46. The van der Waals surface area contributed by atoms with Crippen molar-refractivity contribution in [2.75, 3.05) is 0 Å². The van der Waals surface area contributed by atoms with E-state index in [1.54, 1.807) is 18.5 Å². The van der Waals surface area contributed by atoms with E-state index in [2.05, 4.69) is 27.3 Å². The molecular weight excluding hydrogens is 342 g/mol. The maximum atomic E-state index is 12.8. The molecule has 4 aliphatic rings. The van der Waals surface area contributed by atoms with Crippen LogP contribution in [0.15, 0.2) is 29.5 Å². The molecule has 27 heavy (non-hydrogen) atoms. The van der Waals surface area contributed by atoms with Crippen LogP contribution in [0.2, 0.25) is 0 Å². The molecule has 6 rings (SSSR count). The van der Waals surface area contributed by atoms with E-state index in [9.17, 15) is 9.59 Å². The first-order chi connectivity index (χ1) is 13.0. The number of hydrogen-bond donors (Lipinski definition) is 2. The molecule has 0 spiro atoms. The van der Waals surface area contributed by atoms with Gasteiger partial charge < -0.3 is 5.32 Å². The van der Waals surface area contributed by atoms with Crippen LogP contribution in [0.1, 0.15) is 55.8 Å². The number of rotatable bonds is 4. The molecule has 1 atom stereocenters. The van der Waals surface area contributed by atoms with Gasteiger partial charge in [-0.2, -0.15) is 5.10 Å². The molecule has 7 heteroatoms. The maximum absolute atomic E-state index is 12.8. The third-order valence-electron chi connectivity index (χ3n) is 7.10. The summed E-state index contributed by atoms with van der Waals surface area (Å²) >= 11 is 0. The molecule has 1 unspecified atom stereocenters. The molecule has 0 aliphatic heterocycles. The lowest BCUT2D eigenvalue weighted by atomic mass is 9.48. The van der Waals surface area contributed by atoms with Crippen molar-refractivity contribution in [3.63, 3.8) is 0 Å². The van der Waals surface area contributed by atoms with E-state index < -0.39 is 5.56 Å². The van der Waals surface area contributed by atoms with Crippen LogP contribution >= 0.6 is 0 Å². The zero-order valence-electron chi connectivity index (χ0n) is 15.5. The Balaban J connectivity index is 1.34. The third-order valence-corrected chi connectivity index (χ3v) is 7.10. The van der Waals surface area contributed by atoms with Crippen LogP contribution < -0.4 is 10.9 Å². The minimum Gasteiger partial charge on any atom is -0.349 e. The van der Waals surface area contributed by atoms with Gasteiger partial charge in [-0.25, -0.2) is 9.67 Å². The molecule has 4 fully saturated rings. The second-order valence-electron chi connectivity index (χ2n) is 8.88. The molecule has 2 heterocycles. The minimum atomic E-state index is -0.439. The molecule has 0 radical (unpaired) electrons. The van der Waals surface area contributed by atoms with Crippen LogP contribution in [0.5, 0.6) is 0 Å². The number of hydrogen-bond acceptors (Lipinski definition) is 4. The van der Waals surface area contributed by atoms with Crippen LogP contribution in [-0.2, 0) is 0 Å². The highest BCUT2D eigenvalue weighted by molar-refractivity contribution is 5.93. The zero-order chi connectivity index (χ0) is 18.6. The third kappa shape index (κ3) is 2.80. The van der Waals surface area contributed by atoms with Gasteiger partial charge in [0, 0.05) is 24.6 Å². The Morgan fingerprint density at radius 1 is 1.26 bits per heavy atom. The van der Waals surface area contributed by atoms with Crippen molar-refractivity contribution in [3.05, 3.63) is 40.6 Å². The van der Waals surface area contributed by atoms with E-state index >= 15 is 0 Å². The van der Waals surface area contributed by atoms with E-state index in [-0.39, 0.29) is 22.9 Å². The Morgan fingerprint density at radius 3 is 2.48 bits per heavy atom. The molecule has 2 aromatic rings. The first-order valence-electron chi connectivity index (χ1n) is 9.92. The van der Waals surface area contributed by atoms with Gasteiger partial charge in [-0.3, -0.25) is 14.6 Å². The van der Waals surface area contributed by atoms with Crippen LogP contribution in [0.3, 0.4) is 0 Å². The second kappa shape index (κ2) is 6.04. The summed E-state index contributed by atoms with van der Waals surface area (Å²) in [4.78, 5) is 32.0. The smallest absolute Gasteiger partial charge is 0.265 e. The number of carbonyl (C=O) groups excluding carboxylic acids is 1. The number of amides is 1. The minimum absolute atomic E-state index is 0.0579. The molecule has 1 amide bonds. The Kier molecular flexibility index (Phi) is 3.74. The summed E-state index contributed by atoms with van der Waals surface area (Å²) in [6.07, 6.45) is 12.4. The van der Waals surface area contributed by atoms with Crippen LogP contribution in [0, 0.1) is 23.2 Å². The fraction of sp³-hybridized carbons (Fsp3) is 0.600. The predicted octanol–water partition coefficient (Wildman–Crippen LogP) is 2.29. The highest BCUT2D eigenvalue weighted by atomic mass is 16.2. The van der Waals surface area contributed by atoms with Gasteiger partial charge >= 0.3 is 0 Å². The van der Waals surface area contributed by atoms with E-state index in [0.29, 0.717) is 5.95 Å². The fourth-order valence-corrected chi connectivity index (χ4v) is 6.19. The summed E-state index contributed by atoms with van der Waals surface area (Å²) in [5.74, 6) is 2.45. The molecule has 4 bridgehead atoms. The average Bonchev–Trinajstić information content (AvgIpc) is 3.15. The van der Waals surface area contributed by atoms with E-state index in [1.807, 2.05) is 0 Å². The monoisotopic (exact) mass is 367 g/mol. The Bertz CT molecular complexity index is 881. The number of H-pyrrole nitrogens is 1. The average molecular weight is 367 g/mol. The lowest BCUT2D eigenvalue weighted by Gasteiger charge is -2.59. The number of carbonyl (C=O) groups is 1. The van der Waals surface area contributed by atoms with Gasteiger partial charge in [0.1, 0.15) is 5.56 Å². The Labute approximate surface area is 157 Å². The molecule has 4 saturated carbocycles. The normalized spacial score (nSPS) is 32.4. The zero-order valence-corrected chi connectivity index (χ0v) is 15.5. The van der Waals surface area contributed by atoms with Crippen molar-refractivity contribution >= 4 is 5.91 Å². The topological polar surface area (TPSA) is 92.7 Å². The highest BCUT2D eigenvalue weighted by Crippen LogP contribution is 2.61. The molecule has 0 aromatic carbocycles. The van der Waals surface area contributed by atoms with Crippen molar-refractivity contribution in [2.24, 2.45) is 23.2 Å². The molecular formula is C20H25N5O2. The van der Waals surface area contributed by atoms with Gasteiger partial charge in [-0.15, -0.1) is 0 Å². The molecule has 4 aliphatic carbocycles. The summed E-state index contributed by atoms with van der Waals surface area (Å²) in [5, 5.41) is 7.17. The van der Waals surface area contributed by atoms with Crippen molar-refractivity contribution in [1.82, 2.24) is 25.1 Å². The quantitative estimate of drug-likeness (QED) is 0.867. The standard InChI is InChI=1S/C20H25N5O2/c1-12(20-8-13-5-14(9-20)7-15(6-13)10-20)23-17(26)16-11-21-19(24-18(16)27)25-4-2-3-22-25/h2-4,11-15H,5-10H2,1H3,(H,23,26)(H,21,24,27). The van der Waals surface area contributed by atoms with Gasteiger partial charge in [0.25, 0.3) is 11.5 Å². The van der Waals surface area contributed by atoms with E-state index in [1.165, 1.54) is 49.4 Å². The molecule has 2 N–H and O–H groups in total. The molecule has 2 aromatic heterocycles. The Morgan fingerprint density at radius 2 is 1.93 bits per heavy atom. The largest absolute Gasteiger partial charge is 0.349 e. The highest BCUT2D eigenvalue weighted by Gasteiger charge is 2.53. The SMILES string of the molecule is CC(NC(=O)c1cnc(-n2cccn2)[nH]c1=O)C12CC3CC(CC(C3)C1)C2. The number of nitrogens with zero attached hydrogens (tertiary/aromatic N) is 3. The number of nitrogens with one attached hydrogen (secondary N) is 2.